The maximum absolute atomic E-state index is 10.2. The molecule has 0 fully saturated rings. The second-order valence-corrected chi connectivity index (χ2v) is 1.59. The lowest BCUT2D eigenvalue weighted by atomic mass is 10.1. The Balaban J connectivity index is 3.34. The maximum Gasteiger partial charge on any atom is 0.136 e. The third kappa shape index (κ3) is 2.38. The zero-order valence-electron chi connectivity index (χ0n) is 4.77. The third-order valence-electron chi connectivity index (χ3n) is 1.01. The van der Waals surface area contributed by atoms with Crippen LogP contribution in [0.2, 0.25) is 0 Å². The van der Waals surface area contributed by atoms with Gasteiger partial charge in [-0.2, -0.15) is 0 Å². The van der Waals surface area contributed by atoms with Gasteiger partial charge in [-0.15, -0.1) is 0 Å². The van der Waals surface area contributed by atoms with Gasteiger partial charge in [0.05, 0.1) is 0 Å². The fourth-order valence-electron chi connectivity index (χ4n) is 0.186. The predicted octanol–water partition coefficient (Wildman–Crippen LogP) is 1.25. The highest BCUT2D eigenvalue weighted by Crippen LogP contribution is 1.97. The fourth-order valence-corrected chi connectivity index (χ4v) is 0.186. The lowest BCUT2D eigenvalue weighted by Gasteiger charge is -1.97. The molecule has 0 heterocycles. The monoisotopic (exact) mass is 98.1 g/mol. The minimum atomic E-state index is -0.0116. The van der Waals surface area contributed by atoms with Gasteiger partial charge in [0.1, 0.15) is 5.78 Å². The lowest BCUT2D eigenvalue weighted by Crippen LogP contribution is -2.04. The van der Waals surface area contributed by atoms with Gasteiger partial charge in [0, 0.05) is 12.8 Å². The normalized spacial score (nSPS) is 13.6. The van der Waals surface area contributed by atoms with Crippen molar-refractivity contribution >= 4 is 5.78 Å². The summed E-state index contributed by atoms with van der Waals surface area (Å²) in [5.74, 6) is 0.0162. The molecule has 0 aromatic heterocycles. The van der Waals surface area contributed by atoms with Crippen molar-refractivity contribution in [2.45, 2.75) is 13.8 Å². The van der Waals surface area contributed by atoms with Crippen LogP contribution in [0.4, 0.5) is 0 Å². The van der Waals surface area contributed by atoms with Crippen molar-refractivity contribution < 1.29 is 4.79 Å². The van der Waals surface area contributed by atoms with E-state index in [0.717, 1.165) is 0 Å². The summed E-state index contributed by atoms with van der Waals surface area (Å²) in [7, 11) is 0. The third-order valence-corrected chi connectivity index (χ3v) is 1.01. The SMILES string of the molecule is [CH2]C(=O)C(C)[CH]C. The molecule has 0 amide bonds. The zero-order valence-corrected chi connectivity index (χ0v) is 4.77. The first-order chi connectivity index (χ1) is 3.18. The molecule has 0 N–H and O–H groups in total. The maximum atomic E-state index is 10.2. The predicted molar refractivity (Wildman–Crippen MR) is 29.5 cm³/mol. The number of ketones is 1. The van der Waals surface area contributed by atoms with E-state index in [1.54, 1.807) is 0 Å². The molecular formula is C6H10O. The molecule has 40 valence electrons. The van der Waals surface area contributed by atoms with Gasteiger partial charge in [0.25, 0.3) is 0 Å². The number of hydrogen-bond acceptors (Lipinski definition) is 1. The molecule has 0 saturated heterocycles. The molecule has 1 unspecified atom stereocenters. The smallest absolute Gasteiger partial charge is 0.136 e. The Hall–Kier alpha value is -0.330. The van der Waals surface area contributed by atoms with Gasteiger partial charge in [-0.25, -0.2) is 0 Å². The summed E-state index contributed by atoms with van der Waals surface area (Å²) >= 11 is 0. The van der Waals surface area contributed by atoms with Crippen LogP contribution >= 0.6 is 0 Å². The fraction of sp³-hybridized carbons (Fsp3) is 0.500. The van der Waals surface area contributed by atoms with E-state index < -0.39 is 0 Å². The van der Waals surface area contributed by atoms with Gasteiger partial charge in [0.2, 0.25) is 0 Å². The molecule has 1 atom stereocenters. The van der Waals surface area contributed by atoms with E-state index in [4.69, 9.17) is 0 Å². The van der Waals surface area contributed by atoms with Gasteiger partial charge in [-0.1, -0.05) is 13.8 Å². The minimum absolute atomic E-state index is 0.0116. The van der Waals surface area contributed by atoms with Crippen LogP contribution in [0.3, 0.4) is 0 Å². The van der Waals surface area contributed by atoms with Crippen LogP contribution in [0, 0.1) is 19.3 Å². The van der Waals surface area contributed by atoms with E-state index in [1.807, 2.05) is 20.3 Å². The first-order valence-corrected chi connectivity index (χ1v) is 2.33. The summed E-state index contributed by atoms with van der Waals surface area (Å²) in [5, 5.41) is 0. The van der Waals surface area contributed by atoms with E-state index in [1.165, 1.54) is 0 Å². The van der Waals surface area contributed by atoms with Gasteiger partial charge >= 0.3 is 0 Å². The van der Waals surface area contributed by atoms with Gasteiger partial charge < -0.3 is 0 Å². The number of Topliss-reactive ketones (excluding diaryl/α,β-unsaturated/α-hetero) is 1. The molecular weight excluding hydrogens is 88.1 g/mol. The van der Waals surface area contributed by atoms with Crippen molar-refractivity contribution in [3.8, 4) is 0 Å². The molecule has 0 aliphatic heterocycles. The van der Waals surface area contributed by atoms with Crippen molar-refractivity contribution in [1.29, 1.82) is 0 Å². The van der Waals surface area contributed by atoms with Crippen LogP contribution in [0.1, 0.15) is 13.8 Å². The summed E-state index contributed by atoms with van der Waals surface area (Å²) < 4.78 is 0. The Labute approximate surface area is 44.7 Å². The molecule has 0 aliphatic carbocycles. The van der Waals surface area contributed by atoms with Crippen LogP contribution < -0.4 is 0 Å². The van der Waals surface area contributed by atoms with Crippen molar-refractivity contribution in [3.63, 3.8) is 0 Å². The van der Waals surface area contributed by atoms with Crippen molar-refractivity contribution in [2.75, 3.05) is 0 Å². The van der Waals surface area contributed by atoms with Crippen LogP contribution in [0.15, 0.2) is 0 Å². The number of carbonyl (C=O) groups is 1. The van der Waals surface area contributed by atoms with Crippen LogP contribution in [0.25, 0.3) is 0 Å². The average molecular weight is 98.1 g/mol. The summed E-state index contributed by atoms with van der Waals surface area (Å²) in [6.45, 7) is 6.92. The summed E-state index contributed by atoms with van der Waals surface area (Å²) in [6, 6.07) is 0. The molecule has 0 bridgehead atoms. The molecule has 0 aromatic rings. The second-order valence-electron chi connectivity index (χ2n) is 1.59. The van der Waals surface area contributed by atoms with Crippen molar-refractivity contribution in [1.82, 2.24) is 0 Å². The summed E-state index contributed by atoms with van der Waals surface area (Å²) in [4.78, 5) is 10.2. The molecule has 2 radical (unpaired) electrons. The minimum Gasteiger partial charge on any atom is -0.299 e. The van der Waals surface area contributed by atoms with E-state index in [0.29, 0.717) is 0 Å². The first kappa shape index (κ1) is 6.67. The van der Waals surface area contributed by atoms with Gasteiger partial charge in [-0.05, 0) is 6.42 Å². The Morgan fingerprint density at radius 2 is 2.29 bits per heavy atom. The van der Waals surface area contributed by atoms with Crippen molar-refractivity contribution in [2.24, 2.45) is 5.92 Å². The van der Waals surface area contributed by atoms with E-state index in [9.17, 15) is 4.79 Å². The zero-order chi connectivity index (χ0) is 5.86. The van der Waals surface area contributed by atoms with E-state index >= 15 is 0 Å². The Morgan fingerprint density at radius 3 is 2.29 bits per heavy atom. The van der Waals surface area contributed by atoms with Gasteiger partial charge in [0.15, 0.2) is 0 Å². The Bertz CT molecular complexity index is 66.6. The number of rotatable bonds is 2. The largest absolute Gasteiger partial charge is 0.299 e. The highest BCUT2D eigenvalue weighted by Gasteiger charge is 2.01. The molecule has 0 rings (SSSR count). The van der Waals surface area contributed by atoms with Crippen molar-refractivity contribution in [3.05, 3.63) is 13.3 Å². The topological polar surface area (TPSA) is 17.1 Å². The highest BCUT2D eigenvalue weighted by molar-refractivity contribution is 5.85. The Kier molecular flexibility index (Phi) is 2.65. The van der Waals surface area contributed by atoms with Gasteiger partial charge in [-0.3, -0.25) is 4.79 Å². The van der Waals surface area contributed by atoms with Crippen LogP contribution in [-0.2, 0) is 4.79 Å². The molecule has 0 aliphatic rings. The second kappa shape index (κ2) is 2.78. The Morgan fingerprint density at radius 1 is 1.86 bits per heavy atom. The highest BCUT2D eigenvalue weighted by atomic mass is 16.1. The lowest BCUT2D eigenvalue weighted by molar-refractivity contribution is -0.117. The summed E-state index contributed by atoms with van der Waals surface area (Å²) in [6.07, 6.45) is 1.83. The standard InChI is InChI=1S/C6H10O/c1-4-5(2)6(3)7/h4-5H,3H2,1-2H3. The first-order valence-electron chi connectivity index (χ1n) is 2.33. The molecule has 0 spiro atoms. The van der Waals surface area contributed by atoms with E-state index in [-0.39, 0.29) is 11.7 Å². The van der Waals surface area contributed by atoms with E-state index in [2.05, 4.69) is 6.92 Å². The molecule has 1 nitrogen and oxygen atoms in total. The van der Waals surface area contributed by atoms with Crippen LogP contribution in [-0.4, -0.2) is 5.78 Å². The number of hydrogen-bond donors (Lipinski definition) is 0. The quantitative estimate of drug-likeness (QED) is 0.508. The average Bonchev–Trinajstić information content (AvgIpc) is 1.65. The molecule has 0 saturated carbocycles. The van der Waals surface area contributed by atoms with Crippen LogP contribution in [0.5, 0.6) is 0 Å². The molecule has 0 aromatic carbocycles. The number of carbonyl (C=O) groups excluding carboxylic acids is 1. The summed E-state index contributed by atoms with van der Waals surface area (Å²) in [5.41, 5.74) is 0. The molecule has 7 heavy (non-hydrogen) atoms. The molecule has 1 heteroatoms.